The number of hydrogen-bond acceptors (Lipinski definition) is 6. The van der Waals surface area contributed by atoms with E-state index in [4.69, 9.17) is 4.74 Å². The molecule has 7 nitrogen and oxygen atoms in total. The minimum atomic E-state index is -0.322. The predicted octanol–water partition coefficient (Wildman–Crippen LogP) is 1.76. The SMILES string of the molecule is CC(=O)OCCSc1nc(C(C)(C)C)nn1C(=O)N(C)C. The van der Waals surface area contributed by atoms with E-state index in [1.807, 2.05) is 20.8 Å². The lowest BCUT2D eigenvalue weighted by atomic mass is 9.96. The minimum Gasteiger partial charge on any atom is -0.465 e. The van der Waals surface area contributed by atoms with Gasteiger partial charge in [0.1, 0.15) is 6.61 Å². The molecule has 0 spiro atoms. The average molecular weight is 314 g/mol. The number of hydrogen-bond donors (Lipinski definition) is 0. The summed E-state index contributed by atoms with van der Waals surface area (Å²) in [5.74, 6) is 0.798. The summed E-state index contributed by atoms with van der Waals surface area (Å²) in [6.07, 6.45) is 0. The lowest BCUT2D eigenvalue weighted by Gasteiger charge is -2.13. The van der Waals surface area contributed by atoms with Gasteiger partial charge in [0.2, 0.25) is 0 Å². The first kappa shape index (κ1) is 17.5. The fourth-order valence-electron chi connectivity index (χ4n) is 1.34. The van der Waals surface area contributed by atoms with Gasteiger partial charge in [-0.05, 0) is 0 Å². The molecular formula is C13H22N4O3S. The van der Waals surface area contributed by atoms with Crippen LogP contribution >= 0.6 is 11.8 Å². The summed E-state index contributed by atoms with van der Waals surface area (Å²) < 4.78 is 6.16. The number of nitrogens with zero attached hydrogens (tertiary/aromatic N) is 4. The number of aromatic nitrogens is 3. The van der Waals surface area contributed by atoms with Crippen molar-refractivity contribution < 1.29 is 14.3 Å². The van der Waals surface area contributed by atoms with Crippen molar-refractivity contribution in [2.75, 3.05) is 26.5 Å². The maximum atomic E-state index is 12.1. The van der Waals surface area contributed by atoms with Gasteiger partial charge in [0.05, 0.1) is 0 Å². The Labute approximate surface area is 129 Å². The second-order valence-corrected chi connectivity index (χ2v) is 6.81. The highest BCUT2D eigenvalue weighted by Gasteiger charge is 2.25. The van der Waals surface area contributed by atoms with Crippen LogP contribution in [0.15, 0.2) is 5.16 Å². The molecule has 8 heteroatoms. The van der Waals surface area contributed by atoms with Crippen LogP contribution in [-0.4, -0.2) is 58.1 Å². The van der Waals surface area contributed by atoms with Crippen molar-refractivity contribution in [3.63, 3.8) is 0 Å². The van der Waals surface area contributed by atoms with Gasteiger partial charge in [-0.1, -0.05) is 32.5 Å². The van der Waals surface area contributed by atoms with Crippen molar-refractivity contribution in [3.8, 4) is 0 Å². The van der Waals surface area contributed by atoms with Crippen LogP contribution in [0.25, 0.3) is 0 Å². The van der Waals surface area contributed by atoms with Gasteiger partial charge in [0, 0.05) is 32.2 Å². The lowest BCUT2D eigenvalue weighted by molar-refractivity contribution is -0.140. The number of ether oxygens (including phenoxy) is 1. The van der Waals surface area contributed by atoms with Crippen LogP contribution in [0.1, 0.15) is 33.5 Å². The second-order valence-electron chi connectivity index (χ2n) is 5.75. The van der Waals surface area contributed by atoms with E-state index >= 15 is 0 Å². The van der Waals surface area contributed by atoms with E-state index in [0.717, 1.165) is 0 Å². The molecule has 0 bridgehead atoms. The maximum Gasteiger partial charge on any atom is 0.346 e. The molecule has 0 aliphatic rings. The third kappa shape index (κ3) is 5.04. The number of rotatable bonds is 4. The van der Waals surface area contributed by atoms with Crippen LogP contribution in [0, 0.1) is 0 Å². The molecule has 0 saturated carbocycles. The predicted molar refractivity (Wildman–Crippen MR) is 80.6 cm³/mol. The molecule has 0 aliphatic heterocycles. The van der Waals surface area contributed by atoms with Crippen molar-refractivity contribution in [2.24, 2.45) is 0 Å². The Hall–Kier alpha value is -1.57. The molecule has 0 atom stereocenters. The van der Waals surface area contributed by atoms with E-state index < -0.39 is 0 Å². The van der Waals surface area contributed by atoms with Gasteiger partial charge in [-0.2, -0.15) is 4.68 Å². The van der Waals surface area contributed by atoms with Crippen molar-refractivity contribution in [1.29, 1.82) is 0 Å². The molecule has 0 aliphatic carbocycles. The highest BCUT2D eigenvalue weighted by atomic mass is 32.2. The first-order valence-electron chi connectivity index (χ1n) is 6.58. The second kappa shape index (κ2) is 6.93. The molecule has 0 saturated heterocycles. The van der Waals surface area contributed by atoms with E-state index in [1.165, 1.54) is 28.3 Å². The molecule has 0 unspecified atom stereocenters. The van der Waals surface area contributed by atoms with Crippen LogP contribution in [0.3, 0.4) is 0 Å². The Balaban J connectivity index is 2.91. The van der Waals surface area contributed by atoms with E-state index in [9.17, 15) is 9.59 Å². The minimum absolute atomic E-state index is 0.247. The summed E-state index contributed by atoms with van der Waals surface area (Å²) in [6.45, 7) is 7.59. The van der Waals surface area contributed by atoms with Gasteiger partial charge in [-0.25, -0.2) is 9.78 Å². The maximum absolute atomic E-state index is 12.1. The zero-order valence-corrected chi connectivity index (χ0v) is 14.2. The van der Waals surface area contributed by atoms with Gasteiger partial charge < -0.3 is 9.64 Å². The summed E-state index contributed by atoms with van der Waals surface area (Å²) in [4.78, 5) is 28.7. The Kier molecular flexibility index (Phi) is 5.77. The van der Waals surface area contributed by atoms with Crippen molar-refractivity contribution in [3.05, 3.63) is 5.82 Å². The summed E-state index contributed by atoms with van der Waals surface area (Å²) in [5, 5.41) is 4.81. The van der Waals surface area contributed by atoms with E-state index in [0.29, 0.717) is 16.7 Å². The molecule has 1 heterocycles. The molecule has 0 N–H and O–H groups in total. The van der Waals surface area contributed by atoms with Gasteiger partial charge >= 0.3 is 12.0 Å². The van der Waals surface area contributed by atoms with Crippen LogP contribution in [-0.2, 0) is 14.9 Å². The highest BCUT2D eigenvalue weighted by Crippen LogP contribution is 2.23. The van der Waals surface area contributed by atoms with Crippen molar-refractivity contribution in [1.82, 2.24) is 19.7 Å². The molecule has 0 aromatic carbocycles. The standard InChI is InChI=1S/C13H22N4O3S/c1-9(18)20-7-8-21-11-14-10(13(2,3)4)15-17(11)12(19)16(5)6/h7-8H2,1-6H3. The lowest BCUT2D eigenvalue weighted by Crippen LogP contribution is -2.29. The van der Waals surface area contributed by atoms with Crippen molar-refractivity contribution >= 4 is 23.8 Å². The Morgan fingerprint density at radius 2 is 1.95 bits per heavy atom. The molecule has 1 amide bonds. The number of carbonyl (C=O) groups excluding carboxylic acids is 2. The zero-order chi connectivity index (χ0) is 16.2. The number of amides is 1. The Morgan fingerprint density at radius 1 is 1.33 bits per heavy atom. The molecule has 1 aromatic rings. The third-order valence-electron chi connectivity index (χ3n) is 2.43. The van der Waals surface area contributed by atoms with Crippen LogP contribution in [0.4, 0.5) is 4.79 Å². The zero-order valence-electron chi connectivity index (χ0n) is 13.3. The molecular weight excluding hydrogens is 292 g/mol. The van der Waals surface area contributed by atoms with Gasteiger partial charge in [0.25, 0.3) is 0 Å². The molecule has 21 heavy (non-hydrogen) atoms. The van der Waals surface area contributed by atoms with E-state index in [-0.39, 0.29) is 24.0 Å². The Bertz CT molecular complexity index is 520. The smallest absolute Gasteiger partial charge is 0.346 e. The van der Waals surface area contributed by atoms with Gasteiger partial charge in [-0.15, -0.1) is 5.10 Å². The monoisotopic (exact) mass is 314 g/mol. The molecule has 118 valence electrons. The summed E-state index contributed by atoms with van der Waals surface area (Å²) in [5.41, 5.74) is -0.247. The Morgan fingerprint density at radius 3 is 2.43 bits per heavy atom. The molecule has 1 rings (SSSR count). The topological polar surface area (TPSA) is 77.3 Å². The number of thioether (sulfide) groups is 1. The third-order valence-corrected chi connectivity index (χ3v) is 3.33. The van der Waals surface area contributed by atoms with Crippen LogP contribution in [0.2, 0.25) is 0 Å². The summed E-state index contributed by atoms with van der Waals surface area (Å²) in [7, 11) is 3.32. The highest BCUT2D eigenvalue weighted by molar-refractivity contribution is 7.99. The van der Waals surface area contributed by atoms with Crippen LogP contribution < -0.4 is 0 Å². The first-order valence-corrected chi connectivity index (χ1v) is 7.57. The molecule has 0 radical (unpaired) electrons. The fraction of sp³-hybridized carbons (Fsp3) is 0.692. The summed E-state index contributed by atoms with van der Waals surface area (Å²) in [6, 6.07) is -0.256. The average Bonchev–Trinajstić information content (AvgIpc) is 2.77. The van der Waals surface area contributed by atoms with Gasteiger partial charge in [-0.3, -0.25) is 4.79 Å². The quantitative estimate of drug-likeness (QED) is 0.479. The number of esters is 1. The molecule has 0 fully saturated rings. The first-order chi connectivity index (χ1) is 9.62. The van der Waals surface area contributed by atoms with Crippen LogP contribution in [0.5, 0.6) is 0 Å². The summed E-state index contributed by atoms with van der Waals surface area (Å²) >= 11 is 1.34. The molecule has 1 aromatic heterocycles. The van der Waals surface area contributed by atoms with E-state index in [1.54, 1.807) is 14.1 Å². The van der Waals surface area contributed by atoms with Gasteiger partial charge in [0.15, 0.2) is 11.0 Å². The van der Waals surface area contributed by atoms with E-state index in [2.05, 4.69) is 10.1 Å². The number of carbonyl (C=O) groups is 2. The fourth-order valence-corrected chi connectivity index (χ4v) is 2.08. The van der Waals surface area contributed by atoms with Crippen molar-refractivity contribution in [2.45, 2.75) is 38.3 Å². The largest absolute Gasteiger partial charge is 0.465 e. The normalized spacial score (nSPS) is 11.3.